The van der Waals surface area contributed by atoms with Gasteiger partial charge in [-0.2, -0.15) is 0 Å². The molecule has 0 saturated carbocycles. The Labute approximate surface area is 165 Å². The van der Waals surface area contributed by atoms with Crippen molar-refractivity contribution in [1.82, 2.24) is 14.5 Å². The fourth-order valence-corrected chi connectivity index (χ4v) is 4.09. The van der Waals surface area contributed by atoms with Crippen molar-refractivity contribution in [2.75, 3.05) is 31.2 Å². The third kappa shape index (κ3) is 3.48. The maximum absolute atomic E-state index is 12.0. The molecule has 2 aromatic rings. The highest BCUT2D eigenvalue weighted by atomic mass is 16.5. The summed E-state index contributed by atoms with van der Waals surface area (Å²) in [5.74, 6) is -1.26. The molecule has 0 aromatic carbocycles. The zero-order valence-electron chi connectivity index (χ0n) is 15.8. The number of pyridine rings is 1. The highest BCUT2D eigenvalue weighted by molar-refractivity contribution is 5.91. The number of anilines is 1. The molecule has 29 heavy (non-hydrogen) atoms. The third-order valence-corrected chi connectivity index (χ3v) is 5.50. The SMILES string of the molecule is CCn1c(N2C[C@@H]3CCOC[C@]3(C(=O)O)C2)nc2cc(C(=O)O)cnc21.O=CO. The Morgan fingerprint density at radius 1 is 1.41 bits per heavy atom. The van der Waals surface area contributed by atoms with Crippen molar-refractivity contribution < 1.29 is 34.4 Å². The van der Waals surface area contributed by atoms with Crippen LogP contribution in [0.1, 0.15) is 23.7 Å². The average Bonchev–Trinajstić information content (AvgIpc) is 3.26. The molecule has 2 aliphatic rings. The molecule has 0 spiro atoms. The second-order valence-corrected chi connectivity index (χ2v) is 7.01. The van der Waals surface area contributed by atoms with E-state index < -0.39 is 17.4 Å². The summed E-state index contributed by atoms with van der Waals surface area (Å²) in [6, 6.07) is 1.50. The van der Waals surface area contributed by atoms with Crippen molar-refractivity contribution in [3.05, 3.63) is 17.8 Å². The smallest absolute Gasteiger partial charge is 0.337 e. The molecular weight excluding hydrogens is 384 g/mol. The van der Waals surface area contributed by atoms with Crippen LogP contribution in [0.4, 0.5) is 5.95 Å². The van der Waals surface area contributed by atoms with Crippen LogP contribution in [0, 0.1) is 11.3 Å². The Morgan fingerprint density at radius 2 is 2.14 bits per heavy atom. The number of imidazole rings is 1. The zero-order chi connectivity index (χ0) is 21.2. The number of hydrogen-bond acceptors (Lipinski definition) is 7. The highest BCUT2D eigenvalue weighted by Gasteiger charge is 2.55. The number of rotatable bonds is 4. The average molecular weight is 406 g/mol. The van der Waals surface area contributed by atoms with Crippen molar-refractivity contribution in [2.45, 2.75) is 19.9 Å². The van der Waals surface area contributed by atoms with Crippen LogP contribution in [-0.2, 0) is 20.9 Å². The van der Waals surface area contributed by atoms with E-state index in [9.17, 15) is 14.7 Å². The quantitative estimate of drug-likeness (QED) is 0.620. The van der Waals surface area contributed by atoms with Crippen LogP contribution < -0.4 is 4.90 Å². The molecule has 2 fully saturated rings. The maximum Gasteiger partial charge on any atom is 0.337 e. The fraction of sp³-hybridized carbons (Fsp3) is 0.500. The molecular formula is C18H22N4O7. The summed E-state index contributed by atoms with van der Waals surface area (Å²) in [6.45, 7) is 3.99. The van der Waals surface area contributed by atoms with Gasteiger partial charge in [-0.3, -0.25) is 14.2 Å². The molecule has 4 rings (SSSR count). The van der Waals surface area contributed by atoms with Gasteiger partial charge in [-0.15, -0.1) is 0 Å². The van der Waals surface area contributed by atoms with Gasteiger partial charge < -0.3 is 25.0 Å². The second kappa shape index (κ2) is 8.03. The first-order valence-corrected chi connectivity index (χ1v) is 9.11. The van der Waals surface area contributed by atoms with E-state index in [2.05, 4.69) is 9.97 Å². The molecule has 2 atom stereocenters. The minimum atomic E-state index is -1.05. The van der Waals surface area contributed by atoms with Gasteiger partial charge in [0, 0.05) is 32.4 Å². The number of hydrogen-bond donors (Lipinski definition) is 3. The second-order valence-electron chi connectivity index (χ2n) is 7.01. The monoisotopic (exact) mass is 406 g/mol. The summed E-state index contributed by atoms with van der Waals surface area (Å²) in [6.07, 6.45) is 2.02. The summed E-state index contributed by atoms with van der Waals surface area (Å²) >= 11 is 0. The standard InChI is InChI=1S/C17H20N4O5.CH2O2/c1-2-21-13-12(5-10(6-18-13)14(22)23)19-16(21)20-7-11-3-4-26-9-17(11,8-20)15(24)25;2-1-3/h5-6,11H,2-4,7-9H2,1H3,(H,22,23)(H,24,25);1H,(H,2,3)/t11-,17+;/m0./s1. The molecule has 2 saturated heterocycles. The Bertz CT molecular complexity index is 944. The van der Waals surface area contributed by atoms with Crippen LogP contribution in [0.15, 0.2) is 12.3 Å². The van der Waals surface area contributed by atoms with Crippen molar-refractivity contribution >= 4 is 35.5 Å². The molecule has 11 heteroatoms. The first-order valence-electron chi connectivity index (χ1n) is 9.11. The maximum atomic E-state index is 12.0. The molecule has 11 nitrogen and oxygen atoms in total. The summed E-state index contributed by atoms with van der Waals surface area (Å²) in [4.78, 5) is 42.3. The Morgan fingerprint density at radius 3 is 2.72 bits per heavy atom. The Kier molecular flexibility index (Phi) is 5.69. The zero-order valence-corrected chi connectivity index (χ0v) is 15.8. The number of nitrogens with zero attached hydrogens (tertiary/aromatic N) is 4. The van der Waals surface area contributed by atoms with E-state index in [1.807, 2.05) is 16.4 Å². The van der Waals surface area contributed by atoms with E-state index in [-0.39, 0.29) is 24.6 Å². The lowest BCUT2D eigenvalue weighted by Crippen LogP contribution is -2.46. The van der Waals surface area contributed by atoms with E-state index >= 15 is 0 Å². The van der Waals surface area contributed by atoms with Gasteiger partial charge in [0.1, 0.15) is 10.9 Å². The van der Waals surface area contributed by atoms with Gasteiger partial charge in [0.05, 0.1) is 12.2 Å². The predicted molar refractivity (Wildman–Crippen MR) is 100 cm³/mol. The van der Waals surface area contributed by atoms with Crippen LogP contribution in [-0.4, -0.2) is 74.6 Å². The van der Waals surface area contributed by atoms with E-state index in [0.29, 0.717) is 49.8 Å². The molecule has 0 radical (unpaired) electrons. The van der Waals surface area contributed by atoms with Crippen LogP contribution in [0.3, 0.4) is 0 Å². The predicted octanol–water partition coefficient (Wildman–Crippen LogP) is 0.778. The molecule has 4 heterocycles. The fourth-order valence-electron chi connectivity index (χ4n) is 4.09. The van der Waals surface area contributed by atoms with Gasteiger partial charge in [0.15, 0.2) is 5.65 Å². The summed E-state index contributed by atoms with van der Waals surface area (Å²) in [7, 11) is 0. The number of aromatic carboxylic acids is 1. The number of ether oxygens (including phenoxy) is 1. The summed E-state index contributed by atoms with van der Waals surface area (Å²) in [5.41, 5.74) is 0.254. The first-order chi connectivity index (χ1) is 13.9. The number of fused-ring (bicyclic) bond motifs is 2. The van der Waals surface area contributed by atoms with Gasteiger partial charge in [0.25, 0.3) is 6.47 Å². The first kappa shape index (κ1) is 20.5. The van der Waals surface area contributed by atoms with Crippen LogP contribution in [0.5, 0.6) is 0 Å². The number of aryl methyl sites for hydroxylation is 1. The van der Waals surface area contributed by atoms with Crippen LogP contribution in [0.2, 0.25) is 0 Å². The number of aromatic nitrogens is 3. The summed E-state index contributed by atoms with van der Waals surface area (Å²) < 4.78 is 7.38. The molecule has 2 aromatic heterocycles. The lowest BCUT2D eigenvalue weighted by Gasteiger charge is -2.33. The van der Waals surface area contributed by atoms with E-state index in [0.717, 1.165) is 0 Å². The number of carboxylic acid groups (broad SMARTS) is 3. The van der Waals surface area contributed by atoms with Gasteiger partial charge in [0.2, 0.25) is 5.95 Å². The largest absolute Gasteiger partial charge is 0.483 e. The normalized spacial score (nSPS) is 23.2. The van der Waals surface area contributed by atoms with E-state index in [4.69, 9.17) is 19.7 Å². The van der Waals surface area contributed by atoms with Gasteiger partial charge in [-0.25, -0.2) is 14.8 Å². The van der Waals surface area contributed by atoms with E-state index in [1.54, 1.807) is 0 Å². The van der Waals surface area contributed by atoms with Crippen LogP contribution >= 0.6 is 0 Å². The summed E-state index contributed by atoms with van der Waals surface area (Å²) in [5, 5.41) is 25.9. The molecule has 156 valence electrons. The molecule has 0 bridgehead atoms. The third-order valence-electron chi connectivity index (χ3n) is 5.50. The van der Waals surface area contributed by atoms with Crippen LogP contribution in [0.25, 0.3) is 11.2 Å². The minimum absolute atomic E-state index is 0.00130. The number of aliphatic carboxylic acids is 1. The Hall–Kier alpha value is -3.21. The highest BCUT2D eigenvalue weighted by Crippen LogP contribution is 2.43. The van der Waals surface area contributed by atoms with Gasteiger partial charge in [-0.1, -0.05) is 0 Å². The van der Waals surface area contributed by atoms with Crippen molar-refractivity contribution in [3.63, 3.8) is 0 Å². The molecule has 0 aliphatic carbocycles. The number of carbonyl (C=O) groups is 3. The van der Waals surface area contributed by atoms with Gasteiger partial charge >= 0.3 is 11.9 Å². The molecule has 0 unspecified atom stereocenters. The van der Waals surface area contributed by atoms with Crippen molar-refractivity contribution in [1.29, 1.82) is 0 Å². The van der Waals surface area contributed by atoms with Gasteiger partial charge in [-0.05, 0) is 25.3 Å². The molecule has 2 aliphatic heterocycles. The minimum Gasteiger partial charge on any atom is -0.483 e. The Balaban J connectivity index is 0.000000755. The molecule has 0 amide bonds. The van der Waals surface area contributed by atoms with Crippen molar-refractivity contribution in [3.8, 4) is 0 Å². The molecule has 3 N–H and O–H groups in total. The number of carboxylic acids is 2. The van der Waals surface area contributed by atoms with E-state index in [1.165, 1.54) is 12.3 Å². The topological polar surface area (TPSA) is 155 Å². The lowest BCUT2D eigenvalue weighted by atomic mass is 9.76. The lowest BCUT2D eigenvalue weighted by molar-refractivity contribution is -0.159. The van der Waals surface area contributed by atoms with Crippen molar-refractivity contribution in [2.24, 2.45) is 11.3 Å².